The van der Waals surface area contributed by atoms with Crippen molar-refractivity contribution in [1.29, 1.82) is 10.5 Å². The molecular weight excluding hydrogens is 234 g/mol. The maximum absolute atomic E-state index is 11.2. The smallest absolute Gasteiger partial charge is 0.238 e. The van der Waals surface area contributed by atoms with Gasteiger partial charge in [-0.25, -0.2) is 0 Å². The van der Waals surface area contributed by atoms with E-state index < -0.39 is 5.91 Å². The van der Waals surface area contributed by atoms with E-state index in [1.54, 1.807) is 12.1 Å². The molecule has 0 fully saturated rings. The zero-order chi connectivity index (χ0) is 13.7. The van der Waals surface area contributed by atoms with Crippen LogP contribution < -0.4 is 5.32 Å². The number of carbonyl (C=O) groups excluding carboxylic acids is 2. The SMILES string of the molecule is CC(=O)c1cc(C#N)c(NC(=O)CC#N)cc1O. The summed E-state index contributed by atoms with van der Waals surface area (Å²) in [5.41, 5.74) is 0.120. The van der Waals surface area contributed by atoms with Gasteiger partial charge < -0.3 is 10.4 Å². The summed E-state index contributed by atoms with van der Waals surface area (Å²) in [6.07, 6.45) is -0.361. The van der Waals surface area contributed by atoms with Crippen LogP contribution >= 0.6 is 0 Å². The van der Waals surface area contributed by atoms with Gasteiger partial charge in [-0.15, -0.1) is 0 Å². The minimum Gasteiger partial charge on any atom is -0.507 e. The third-order valence-electron chi connectivity index (χ3n) is 2.15. The predicted octanol–water partition coefficient (Wildman–Crippen LogP) is 1.32. The van der Waals surface area contributed by atoms with Crippen molar-refractivity contribution in [2.75, 3.05) is 5.32 Å². The Balaban J connectivity index is 3.19. The van der Waals surface area contributed by atoms with Crippen LogP contribution in [0.2, 0.25) is 0 Å². The molecule has 6 heteroatoms. The maximum Gasteiger partial charge on any atom is 0.238 e. The van der Waals surface area contributed by atoms with Crippen molar-refractivity contribution in [3.63, 3.8) is 0 Å². The Labute approximate surface area is 103 Å². The number of anilines is 1. The highest BCUT2D eigenvalue weighted by molar-refractivity contribution is 5.99. The molecule has 0 saturated heterocycles. The number of rotatable bonds is 3. The van der Waals surface area contributed by atoms with E-state index in [9.17, 15) is 14.7 Å². The van der Waals surface area contributed by atoms with E-state index >= 15 is 0 Å². The van der Waals surface area contributed by atoms with Crippen LogP contribution in [0.3, 0.4) is 0 Å². The molecule has 1 rings (SSSR count). The highest BCUT2D eigenvalue weighted by atomic mass is 16.3. The van der Waals surface area contributed by atoms with Crippen molar-refractivity contribution in [1.82, 2.24) is 0 Å². The van der Waals surface area contributed by atoms with Gasteiger partial charge in [-0.1, -0.05) is 0 Å². The van der Waals surface area contributed by atoms with E-state index in [1.807, 2.05) is 0 Å². The van der Waals surface area contributed by atoms with Crippen LogP contribution in [-0.4, -0.2) is 16.8 Å². The molecule has 90 valence electrons. The summed E-state index contributed by atoms with van der Waals surface area (Å²) in [5, 5.41) is 29.1. The van der Waals surface area contributed by atoms with Crippen molar-refractivity contribution in [2.24, 2.45) is 0 Å². The van der Waals surface area contributed by atoms with Crippen molar-refractivity contribution in [3.8, 4) is 17.9 Å². The highest BCUT2D eigenvalue weighted by Crippen LogP contribution is 2.26. The summed E-state index contributed by atoms with van der Waals surface area (Å²) in [7, 11) is 0. The van der Waals surface area contributed by atoms with Gasteiger partial charge in [0, 0.05) is 6.07 Å². The topological polar surface area (TPSA) is 114 Å². The molecular formula is C12H9N3O3. The van der Waals surface area contributed by atoms with Crippen LogP contribution in [0.5, 0.6) is 5.75 Å². The molecule has 1 aromatic rings. The van der Waals surface area contributed by atoms with E-state index in [2.05, 4.69) is 5.32 Å². The van der Waals surface area contributed by atoms with Gasteiger partial charge >= 0.3 is 0 Å². The molecule has 0 unspecified atom stereocenters. The number of hydrogen-bond acceptors (Lipinski definition) is 5. The van der Waals surface area contributed by atoms with Crippen molar-refractivity contribution < 1.29 is 14.7 Å². The summed E-state index contributed by atoms with van der Waals surface area (Å²) in [4.78, 5) is 22.4. The lowest BCUT2D eigenvalue weighted by molar-refractivity contribution is -0.115. The molecule has 1 amide bonds. The van der Waals surface area contributed by atoms with Crippen molar-refractivity contribution in [3.05, 3.63) is 23.3 Å². The number of nitrogens with one attached hydrogen (secondary N) is 1. The molecule has 6 nitrogen and oxygen atoms in total. The van der Waals surface area contributed by atoms with Crippen LogP contribution in [0.25, 0.3) is 0 Å². The monoisotopic (exact) mass is 243 g/mol. The molecule has 0 aliphatic carbocycles. The quantitative estimate of drug-likeness (QED) is 0.777. The van der Waals surface area contributed by atoms with Gasteiger partial charge in [-0.2, -0.15) is 10.5 Å². The first-order chi connectivity index (χ1) is 8.49. The fourth-order valence-electron chi connectivity index (χ4n) is 1.33. The van der Waals surface area contributed by atoms with Crippen LogP contribution in [0, 0.1) is 22.7 Å². The second kappa shape index (κ2) is 5.46. The van der Waals surface area contributed by atoms with E-state index in [4.69, 9.17) is 10.5 Å². The Morgan fingerprint density at radius 1 is 1.39 bits per heavy atom. The molecule has 0 saturated carbocycles. The number of amides is 1. The number of phenols is 1. The van der Waals surface area contributed by atoms with Gasteiger partial charge in [0.05, 0.1) is 22.9 Å². The molecule has 0 bridgehead atoms. The zero-order valence-corrected chi connectivity index (χ0v) is 9.52. The normalized spacial score (nSPS) is 9.06. The van der Waals surface area contributed by atoms with E-state index in [-0.39, 0.29) is 34.8 Å². The molecule has 0 spiro atoms. The number of carbonyl (C=O) groups is 2. The van der Waals surface area contributed by atoms with E-state index in [0.29, 0.717) is 0 Å². The number of aromatic hydroxyl groups is 1. The molecule has 0 heterocycles. The van der Waals surface area contributed by atoms with Gasteiger partial charge in [-0.05, 0) is 13.0 Å². The largest absolute Gasteiger partial charge is 0.507 e. The Morgan fingerprint density at radius 3 is 2.56 bits per heavy atom. The summed E-state index contributed by atoms with van der Waals surface area (Å²) in [6.45, 7) is 1.25. The standard InChI is InChI=1S/C12H9N3O3/c1-7(16)9-4-8(6-14)10(5-11(9)17)15-12(18)2-3-13/h4-5,17H,2H2,1H3,(H,15,18). The summed E-state index contributed by atoms with van der Waals surface area (Å²) < 4.78 is 0. The minimum absolute atomic E-state index is 0.00447. The molecule has 0 radical (unpaired) electrons. The number of nitrogens with zero attached hydrogens (tertiary/aromatic N) is 2. The molecule has 18 heavy (non-hydrogen) atoms. The molecule has 0 atom stereocenters. The average molecular weight is 243 g/mol. The third-order valence-corrected chi connectivity index (χ3v) is 2.15. The number of benzene rings is 1. The van der Waals surface area contributed by atoms with E-state index in [1.165, 1.54) is 13.0 Å². The first-order valence-corrected chi connectivity index (χ1v) is 4.94. The number of nitriles is 2. The first-order valence-electron chi connectivity index (χ1n) is 4.94. The van der Waals surface area contributed by atoms with Gasteiger partial charge in [0.1, 0.15) is 18.2 Å². The fraction of sp³-hybridized carbons (Fsp3) is 0.167. The Hall–Kier alpha value is -2.86. The highest BCUT2D eigenvalue weighted by Gasteiger charge is 2.14. The zero-order valence-electron chi connectivity index (χ0n) is 9.52. The summed E-state index contributed by atoms with van der Waals surface area (Å²) in [6, 6.07) is 5.77. The Kier molecular flexibility index (Phi) is 4.01. The molecule has 0 aromatic heterocycles. The third kappa shape index (κ3) is 2.83. The Morgan fingerprint density at radius 2 is 2.06 bits per heavy atom. The van der Waals surface area contributed by atoms with Crippen molar-refractivity contribution >= 4 is 17.4 Å². The van der Waals surface area contributed by atoms with Crippen LogP contribution in [0.1, 0.15) is 29.3 Å². The lowest BCUT2D eigenvalue weighted by Gasteiger charge is -2.08. The number of phenolic OH excluding ortho intramolecular Hbond substituents is 1. The Bertz CT molecular complexity index is 594. The predicted molar refractivity (Wildman–Crippen MR) is 61.7 cm³/mol. The molecule has 0 aliphatic heterocycles. The molecule has 1 aromatic carbocycles. The van der Waals surface area contributed by atoms with Gasteiger partial charge in [0.15, 0.2) is 5.78 Å². The number of hydrogen-bond donors (Lipinski definition) is 2. The second-order valence-corrected chi connectivity index (χ2v) is 3.47. The van der Waals surface area contributed by atoms with Crippen LogP contribution in [0.4, 0.5) is 5.69 Å². The van der Waals surface area contributed by atoms with Gasteiger partial charge in [0.2, 0.25) is 5.91 Å². The fourth-order valence-corrected chi connectivity index (χ4v) is 1.33. The van der Waals surface area contributed by atoms with E-state index in [0.717, 1.165) is 6.07 Å². The van der Waals surface area contributed by atoms with Crippen LogP contribution in [-0.2, 0) is 4.79 Å². The average Bonchev–Trinajstić information content (AvgIpc) is 2.29. The van der Waals surface area contributed by atoms with Gasteiger partial charge in [0.25, 0.3) is 0 Å². The minimum atomic E-state index is -0.594. The van der Waals surface area contributed by atoms with Crippen molar-refractivity contribution in [2.45, 2.75) is 13.3 Å². The van der Waals surface area contributed by atoms with Crippen LogP contribution in [0.15, 0.2) is 12.1 Å². The summed E-state index contributed by atoms with van der Waals surface area (Å²) >= 11 is 0. The first kappa shape index (κ1) is 13.2. The molecule has 0 aliphatic rings. The lowest BCUT2D eigenvalue weighted by atomic mass is 10.1. The number of Topliss-reactive ketones (excluding diaryl/α,β-unsaturated/α-hetero) is 1. The number of ketones is 1. The summed E-state index contributed by atoms with van der Waals surface area (Å²) in [5.74, 6) is -1.31. The van der Waals surface area contributed by atoms with Gasteiger partial charge in [-0.3, -0.25) is 9.59 Å². The maximum atomic E-state index is 11.2. The lowest BCUT2D eigenvalue weighted by Crippen LogP contribution is -2.11. The second-order valence-electron chi connectivity index (χ2n) is 3.47. The molecule has 2 N–H and O–H groups in total.